The molecule has 4 fully saturated rings. The van der Waals surface area contributed by atoms with Crippen molar-refractivity contribution >= 4 is 28.8 Å². The summed E-state index contributed by atoms with van der Waals surface area (Å²) in [7, 11) is 0. The number of alkyl halides is 4. The van der Waals surface area contributed by atoms with E-state index in [1.54, 1.807) is 0 Å². The number of piperazine rings is 1. The third kappa shape index (κ3) is 4.82. The van der Waals surface area contributed by atoms with Gasteiger partial charge in [0.25, 0.3) is 0 Å². The quantitative estimate of drug-likeness (QED) is 0.306. The second kappa shape index (κ2) is 10.5. The zero-order valence-corrected chi connectivity index (χ0v) is 24.1. The van der Waals surface area contributed by atoms with E-state index < -0.39 is 40.5 Å². The van der Waals surface area contributed by atoms with Gasteiger partial charge < -0.3 is 20.7 Å². The number of aldehydes is 1. The molecule has 2 bridgehead atoms. The first-order chi connectivity index (χ1) is 21.0. The summed E-state index contributed by atoms with van der Waals surface area (Å²) in [6.07, 6.45) is -1.76. The molecule has 9 nitrogen and oxygen atoms in total. The highest BCUT2D eigenvalue weighted by Gasteiger charge is 2.49. The van der Waals surface area contributed by atoms with Gasteiger partial charge in [-0.15, -0.1) is 0 Å². The molecule has 6 heterocycles. The second-order valence-corrected chi connectivity index (χ2v) is 12.5. The molecule has 7 rings (SSSR count). The largest absolute Gasteiger partial charge is 0.461 e. The molecule has 0 radical (unpaired) electrons. The van der Waals surface area contributed by atoms with Crippen LogP contribution in [0.25, 0.3) is 22.2 Å². The van der Waals surface area contributed by atoms with Gasteiger partial charge in [-0.3, -0.25) is 9.69 Å². The van der Waals surface area contributed by atoms with Crippen LogP contribution < -0.4 is 20.7 Å². The van der Waals surface area contributed by atoms with Crippen molar-refractivity contribution in [2.75, 3.05) is 43.4 Å². The van der Waals surface area contributed by atoms with Crippen molar-refractivity contribution in [1.82, 2.24) is 25.2 Å². The van der Waals surface area contributed by atoms with Crippen LogP contribution in [0.5, 0.6) is 6.01 Å². The summed E-state index contributed by atoms with van der Waals surface area (Å²) in [5.74, 6) is -1.10. The summed E-state index contributed by atoms with van der Waals surface area (Å²) in [6.45, 7) is 3.45. The maximum Gasteiger partial charge on any atom is 0.418 e. The van der Waals surface area contributed by atoms with E-state index in [2.05, 4.69) is 25.2 Å². The number of nitrogens with zero attached hydrogens (tertiary/aromatic N) is 5. The lowest BCUT2D eigenvalue weighted by Gasteiger charge is -2.34. The molecular formula is C30H32F5N7O2. The topological polar surface area (TPSA) is 110 Å². The molecule has 1 aromatic carbocycles. The van der Waals surface area contributed by atoms with Crippen LogP contribution >= 0.6 is 0 Å². The lowest BCUT2D eigenvalue weighted by molar-refractivity contribution is -0.137. The number of pyridine rings is 1. The Morgan fingerprint density at radius 2 is 1.91 bits per heavy atom. The minimum Gasteiger partial charge on any atom is -0.461 e. The van der Waals surface area contributed by atoms with Gasteiger partial charge in [0.2, 0.25) is 0 Å². The van der Waals surface area contributed by atoms with Gasteiger partial charge in [0.1, 0.15) is 29.9 Å². The predicted molar refractivity (Wildman–Crippen MR) is 153 cm³/mol. The van der Waals surface area contributed by atoms with E-state index in [-0.39, 0.29) is 52.5 Å². The van der Waals surface area contributed by atoms with E-state index >= 15 is 4.39 Å². The molecule has 44 heavy (non-hydrogen) atoms. The first kappa shape index (κ1) is 29.1. The van der Waals surface area contributed by atoms with E-state index in [1.807, 2.05) is 4.90 Å². The van der Waals surface area contributed by atoms with Gasteiger partial charge in [-0.1, -0.05) is 0 Å². The average molecular weight is 618 g/mol. The molecule has 4 aliphatic rings. The van der Waals surface area contributed by atoms with Crippen molar-refractivity contribution in [2.24, 2.45) is 0 Å². The van der Waals surface area contributed by atoms with Gasteiger partial charge in [0.15, 0.2) is 12.1 Å². The SMILES string of the molecule is Cc1cc(N)nc(-c2c(C=O)cc3c(N4C[C@H]5CC[C@@H](C4)N5)nc(OC[C@@]45CCCN4C[C@H](F)C5)nc3c2F)c1C(F)(F)F. The Kier molecular flexibility index (Phi) is 6.92. The first-order valence-corrected chi connectivity index (χ1v) is 14.8. The molecule has 14 heteroatoms. The number of fused-ring (bicyclic) bond motifs is 4. The zero-order valence-electron chi connectivity index (χ0n) is 24.1. The van der Waals surface area contributed by atoms with Crippen molar-refractivity contribution in [3.05, 3.63) is 34.6 Å². The number of nitrogen functional groups attached to an aromatic ring is 1. The number of ether oxygens (including phenoxy) is 1. The molecule has 0 spiro atoms. The highest BCUT2D eigenvalue weighted by Crippen LogP contribution is 2.44. The minimum absolute atomic E-state index is 0.0836. The summed E-state index contributed by atoms with van der Waals surface area (Å²) in [5.41, 5.74) is 1.75. The monoisotopic (exact) mass is 617 g/mol. The third-order valence-corrected chi connectivity index (χ3v) is 9.55. The van der Waals surface area contributed by atoms with Gasteiger partial charge in [-0.05, 0) is 56.8 Å². The average Bonchev–Trinajstić information content (AvgIpc) is 3.60. The summed E-state index contributed by atoms with van der Waals surface area (Å²) in [4.78, 5) is 29.3. The maximum absolute atomic E-state index is 16.7. The van der Waals surface area contributed by atoms with E-state index in [0.29, 0.717) is 38.2 Å². The Labute approximate surface area is 250 Å². The normalized spacial score (nSPS) is 26.9. The predicted octanol–water partition coefficient (Wildman–Crippen LogP) is 4.45. The van der Waals surface area contributed by atoms with E-state index in [9.17, 15) is 22.4 Å². The van der Waals surface area contributed by atoms with Gasteiger partial charge in [0.05, 0.1) is 16.8 Å². The van der Waals surface area contributed by atoms with Crippen molar-refractivity contribution < 1.29 is 31.5 Å². The summed E-state index contributed by atoms with van der Waals surface area (Å²) in [5, 5.41) is 3.69. The molecule has 0 unspecified atom stereocenters. The highest BCUT2D eigenvalue weighted by molar-refractivity contribution is 6.01. The molecule has 3 aromatic rings. The van der Waals surface area contributed by atoms with Crippen LogP contribution in [0.2, 0.25) is 0 Å². The number of benzene rings is 1. The Balaban J connectivity index is 1.40. The van der Waals surface area contributed by atoms with Crippen LogP contribution in [-0.4, -0.2) is 82.7 Å². The summed E-state index contributed by atoms with van der Waals surface area (Å²) >= 11 is 0. The summed E-state index contributed by atoms with van der Waals surface area (Å²) in [6, 6.07) is 2.55. The van der Waals surface area contributed by atoms with E-state index in [4.69, 9.17) is 10.5 Å². The lowest BCUT2D eigenvalue weighted by Crippen LogP contribution is -2.51. The number of anilines is 2. The van der Waals surface area contributed by atoms with Crippen molar-refractivity contribution in [2.45, 2.75) is 69.0 Å². The van der Waals surface area contributed by atoms with Crippen molar-refractivity contribution in [1.29, 1.82) is 0 Å². The smallest absolute Gasteiger partial charge is 0.418 e. The molecule has 0 amide bonds. The Hall–Kier alpha value is -3.65. The third-order valence-electron chi connectivity index (χ3n) is 9.55. The van der Waals surface area contributed by atoms with Gasteiger partial charge in [0, 0.05) is 54.7 Å². The molecule has 234 valence electrons. The Bertz CT molecular complexity index is 1640. The standard InChI is InChI=1S/C30H32F5N7O2/c1-15-7-21(36)38-26(23(15)30(33,34)35)22-16(13-43)8-20-25(24(22)32)39-28(40-27(20)41-11-18-3-4-19(12-41)37-18)44-14-29-5-2-6-42(29)10-17(31)9-29/h7-8,13,17-19,37H,2-6,9-12,14H2,1H3,(H2,36,38)/t17-,18-,19+,29+/m1/s1. The molecule has 0 aliphatic carbocycles. The molecule has 0 saturated carbocycles. The fraction of sp³-hybridized carbons (Fsp3) is 0.533. The Morgan fingerprint density at radius 1 is 1.16 bits per heavy atom. The number of hydrogen-bond acceptors (Lipinski definition) is 9. The van der Waals surface area contributed by atoms with Crippen LogP contribution in [0.4, 0.5) is 33.6 Å². The second-order valence-electron chi connectivity index (χ2n) is 12.5. The first-order valence-electron chi connectivity index (χ1n) is 14.8. The lowest BCUT2D eigenvalue weighted by atomic mass is 9.95. The van der Waals surface area contributed by atoms with Gasteiger partial charge in [-0.25, -0.2) is 13.8 Å². The number of carbonyl (C=O) groups is 1. The van der Waals surface area contributed by atoms with Gasteiger partial charge in [-0.2, -0.15) is 23.1 Å². The molecule has 4 aliphatic heterocycles. The number of nitrogens with two attached hydrogens (primary N) is 1. The number of aryl methyl sites for hydroxylation is 1. The number of rotatable bonds is 6. The fourth-order valence-corrected chi connectivity index (χ4v) is 7.70. The number of nitrogens with one attached hydrogen (secondary N) is 1. The fourth-order valence-electron chi connectivity index (χ4n) is 7.70. The highest BCUT2D eigenvalue weighted by atomic mass is 19.4. The van der Waals surface area contributed by atoms with Crippen LogP contribution in [0.15, 0.2) is 12.1 Å². The van der Waals surface area contributed by atoms with Gasteiger partial charge >= 0.3 is 12.2 Å². The number of carbonyl (C=O) groups excluding carboxylic acids is 1. The minimum atomic E-state index is -4.91. The number of hydrogen-bond donors (Lipinski definition) is 2. The van der Waals surface area contributed by atoms with E-state index in [1.165, 1.54) is 13.0 Å². The number of halogens is 5. The molecule has 2 aromatic heterocycles. The van der Waals surface area contributed by atoms with Crippen molar-refractivity contribution in [3.63, 3.8) is 0 Å². The number of aromatic nitrogens is 3. The zero-order chi connectivity index (χ0) is 31.0. The Morgan fingerprint density at radius 3 is 2.61 bits per heavy atom. The van der Waals surface area contributed by atoms with Crippen LogP contribution in [0.3, 0.4) is 0 Å². The van der Waals surface area contributed by atoms with Crippen molar-refractivity contribution in [3.8, 4) is 17.3 Å². The van der Waals surface area contributed by atoms with Crippen LogP contribution in [-0.2, 0) is 6.18 Å². The maximum atomic E-state index is 16.7. The molecule has 3 N–H and O–H groups in total. The molecule has 4 atom stereocenters. The van der Waals surface area contributed by atoms with E-state index in [0.717, 1.165) is 38.3 Å². The molecule has 4 saturated heterocycles. The molecular weight excluding hydrogens is 585 g/mol. The summed E-state index contributed by atoms with van der Waals surface area (Å²) < 4.78 is 80.0. The van der Waals surface area contributed by atoms with Crippen LogP contribution in [0.1, 0.15) is 53.6 Å². The van der Waals surface area contributed by atoms with Crippen LogP contribution in [0, 0.1) is 12.7 Å².